The van der Waals surface area contributed by atoms with Gasteiger partial charge in [0.2, 0.25) is 0 Å². The van der Waals surface area contributed by atoms with Crippen LogP contribution in [0.25, 0.3) is 11.1 Å². The van der Waals surface area contributed by atoms with Crippen LogP contribution in [0.15, 0.2) is 36.4 Å². The van der Waals surface area contributed by atoms with E-state index < -0.39 is 23.3 Å². The third-order valence-corrected chi connectivity index (χ3v) is 3.21. The van der Waals surface area contributed by atoms with Crippen molar-refractivity contribution in [3.05, 3.63) is 52.5 Å². The number of benzene rings is 2. The molecular formula is C15H10ClF3O3. The average Bonchev–Trinajstić information content (AvgIpc) is 2.45. The molecule has 0 saturated heterocycles. The number of ether oxygens (including phenoxy) is 1. The van der Waals surface area contributed by atoms with Gasteiger partial charge in [0.15, 0.2) is 0 Å². The second-order valence-electron chi connectivity index (χ2n) is 4.45. The van der Waals surface area contributed by atoms with E-state index in [1.165, 1.54) is 25.3 Å². The van der Waals surface area contributed by atoms with E-state index in [1.807, 2.05) is 0 Å². The monoisotopic (exact) mass is 330 g/mol. The smallest absolute Gasteiger partial charge is 0.416 e. The van der Waals surface area contributed by atoms with Crippen molar-refractivity contribution in [1.29, 1.82) is 0 Å². The van der Waals surface area contributed by atoms with Gasteiger partial charge in [0.25, 0.3) is 0 Å². The minimum Gasteiger partial charge on any atom is -0.496 e. The van der Waals surface area contributed by atoms with Gasteiger partial charge >= 0.3 is 12.1 Å². The van der Waals surface area contributed by atoms with E-state index in [2.05, 4.69) is 0 Å². The molecule has 0 bridgehead atoms. The maximum Gasteiger partial charge on any atom is 0.416 e. The van der Waals surface area contributed by atoms with Gasteiger partial charge in [-0.2, -0.15) is 13.2 Å². The van der Waals surface area contributed by atoms with E-state index in [-0.39, 0.29) is 11.1 Å². The van der Waals surface area contributed by atoms with Crippen molar-refractivity contribution in [3.63, 3.8) is 0 Å². The summed E-state index contributed by atoms with van der Waals surface area (Å²) < 4.78 is 43.9. The van der Waals surface area contributed by atoms with Crippen molar-refractivity contribution >= 4 is 17.6 Å². The quantitative estimate of drug-likeness (QED) is 0.884. The Labute approximate surface area is 128 Å². The van der Waals surface area contributed by atoms with E-state index in [4.69, 9.17) is 21.4 Å². The van der Waals surface area contributed by atoms with Gasteiger partial charge in [0.05, 0.1) is 18.2 Å². The van der Waals surface area contributed by atoms with E-state index in [0.717, 1.165) is 12.1 Å². The normalized spacial score (nSPS) is 11.3. The number of aromatic carboxylic acids is 1. The molecule has 116 valence electrons. The number of alkyl halides is 3. The second kappa shape index (κ2) is 5.88. The summed E-state index contributed by atoms with van der Waals surface area (Å²) in [6.07, 6.45) is -4.66. The molecular weight excluding hydrogens is 321 g/mol. The predicted molar refractivity (Wildman–Crippen MR) is 75.4 cm³/mol. The molecule has 0 aromatic heterocycles. The minimum atomic E-state index is -4.66. The van der Waals surface area contributed by atoms with Crippen LogP contribution >= 0.6 is 11.6 Å². The summed E-state index contributed by atoms with van der Waals surface area (Å²) in [5.74, 6) is -1.16. The summed E-state index contributed by atoms with van der Waals surface area (Å²) in [4.78, 5) is 11.1. The SMILES string of the molecule is COc1ccc(Cl)cc1-c1cc(C(=O)O)cc(C(F)(F)F)c1. The highest BCUT2D eigenvalue weighted by Crippen LogP contribution is 2.37. The van der Waals surface area contributed by atoms with Crippen LogP contribution in [0.4, 0.5) is 13.2 Å². The molecule has 1 N–H and O–H groups in total. The molecule has 0 fully saturated rings. The number of rotatable bonds is 3. The molecule has 0 aliphatic rings. The number of methoxy groups -OCH3 is 1. The highest BCUT2D eigenvalue weighted by atomic mass is 35.5. The number of halogens is 4. The van der Waals surface area contributed by atoms with Crippen LogP contribution < -0.4 is 4.74 Å². The third kappa shape index (κ3) is 3.33. The van der Waals surface area contributed by atoms with Crippen molar-refractivity contribution in [3.8, 4) is 16.9 Å². The van der Waals surface area contributed by atoms with Crippen LogP contribution in [0.1, 0.15) is 15.9 Å². The molecule has 0 atom stereocenters. The third-order valence-electron chi connectivity index (χ3n) is 2.98. The Balaban J connectivity index is 2.72. The Morgan fingerprint density at radius 3 is 2.41 bits per heavy atom. The van der Waals surface area contributed by atoms with E-state index in [9.17, 15) is 18.0 Å². The molecule has 2 aromatic rings. The molecule has 0 heterocycles. The van der Waals surface area contributed by atoms with Crippen molar-refractivity contribution in [2.24, 2.45) is 0 Å². The van der Waals surface area contributed by atoms with Gasteiger partial charge in [-0.25, -0.2) is 4.79 Å². The van der Waals surface area contributed by atoms with Gasteiger partial charge in [-0.3, -0.25) is 0 Å². The fourth-order valence-corrected chi connectivity index (χ4v) is 2.15. The fourth-order valence-electron chi connectivity index (χ4n) is 1.98. The van der Waals surface area contributed by atoms with Crippen LogP contribution in [0, 0.1) is 0 Å². The van der Waals surface area contributed by atoms with Gasteiger partial charge in [-0.15, -0.1) is 0 Å². The van der Waals surface area contributed by atoms with Crippen molar-refractivity contribution in [1.82, 2.24) is 0 Å². The van der Waals surface area contributed by atoms with Crippen LogP contribution in [-0.2, 0) is 6.18 Å². The first kappa shape index (κ1) is 16.2. The van der Waals surface area contributed by atoms with Gasteiger partial charge < -0.3 is 9.84 Å². The fraction of sp³-hybridized carbons (Fsp3) is 0.133. The molecule has 0 saturated carbocycles. The Hall–Kier alpha value is -2.21. The van der Waals surface area contributed by atoms with Gasteiger partial charge in [0.1, 0.15) is 5.75 Å². The zero-order valence-corrected chi connectivity index (χ0v) is 12.0. The topological polar surface area (TPSA) is 46.5 Å². The average molecular weight is 331 g/mol. The lowest BCUT2D eigenvalue weighted by atomic mass is 9.98. The number of carboxylic acids is 1. The molecule has 0 amide bonds. The maximum absolute atomic E-state index is 12.9. The Morgan fingerprint density at radius 1 is 1.18 bits per heavy atom. The molecule has 0 aliphatic carbocycles. The number of hydrogen-bond donors (Lipinski definition) is 1. The van der Waals surface area contributed by atoms with Gasteiger partial charge in [-0.1, -0.05) is 11.6 Å². The molecule has 2 aromatic carbocycles. The van der Waals surface area contributed by atoms with Crippen LogP contribution in [-0.4, -0.2) is 18.2 Å². The molecule has 7 heteroatoms. The summed E-state index contributed by atoms with van der Waals surface area (Å²) in [7, 11) is 1.36. The summed E-state index contributed by atoms with van der Waals surface area (Å²) in [6, 6.07) is 7.03. The zero-order valence-electron chi connectivity index (χ0n) is 11.2. The standard InChI is InChI=1S/C15H10ClF3O3/c1-22-13-3-2-11(16)7-12(13)8-4-9(14(20)21)6-10(5-8)15(17,18)19/h2-7H,1H3,(H,20,21). The molecule has 3 nitrogen and oxygen atoms in total. The number of hydrogen-bond acceptors (Lipinski definition) is 2. The Bertz CT molecular complexity index is 726. The first-order valence-electron chi connectivity index (χ1n) is 6.02. The van der Waals surface area contributed by atoms with Crippen molar-refractivity contribution < 1.29 is 27.8 Å². The van der Waals surface area contributed by atoms with Crippen LogP contribution in [0.3, 0.4) is 0 Å². The van der Waals surface area contributed by atoms with Crippen molar-refractivity contribution in [2.75, 3.05) is 7.11 Å². The molecule has 0 unspecified atom stereocenters. The summed E-state index contributed by atoms with van der Waals surface area (Å²) in [6.45, 7) is 0. The van der Waals surface area contributed by atoms with Crippen LogP contribution in [0.2, 0.25) is 5.02 Å². The summed E-state index contributed by atoms with van der Waals surface area (Å²) >= 11 is 5.86. The second-order valence-corrected chi connectivity index (χ2v) is 4.88. The first-order chi connectivity index (χ1) is 10.2. The number of carboxylic acid groups (broad SMARTS) is 1. The minimum absolute atomic E-state index is 0.0616. The van der Waals surface area contributed by atoms with E-state index >= 15 is 0 Å². The first-order valence-corrected chi connectivity index (χ1v) is 6.39. The highest BCUT2D eigenvalue weighted by molar-refractivity contribution is 6.31. The summed E-state index contributed by atoms with van der Waals surface area (Å²) in [5, 5.41) is 9.30. The lowest BCUT2D eigenvalue weighted by Gasteiger charge is -2.13. The molecule has 2 rings (SSSR count). The molecule has 0 radical (unpaired) electrons. The molecule has 0 spiro atoms. The lowest BCUT2D eigenvalue weighted by molar-refractivity contribution is -0.137. The molecule has 22 heavy (non-hydrogen) atoms. The summed E-state index contributed by atoms with van der Waals surface area (Å²) in [5.41, 5.74) is -1.17. The maximum atomic E-state index is 12.9. The van der Waals surface area contributed by atoms with Gasteiger partial charge in [-0.05, 0) is 42.0 Å². The predicted octanol–water partition coefficient (Wildman–Crippen LogP) is 4.73. The van der Waals surface area contributed by atoms with Gasteiger partial charge in [0, 0.05) is 10.6 Å². The lowest BCUT2D eigenvalue weighted by Crippen LogP contribution is -2.08. The van der Waals surface area contributed by atoms with E-state index in [1.54, 1.807) is 0 Å². The Morgan fingerprint density at radius 2 is 1.86 bits per heavy atom. The van der Waals surface area contributed by atoms with Crippen LogP contribution in [0.5, 0.6) is 5.75 Å². The molecule has 0 aliphatic heterocycles. The Kier molecular flexibility index (Phi) is 4.32. The van der Waals surface area contributed by atoms with Crippen molar-refractivity contribution in [2.45, 2.75) is 6.18 Å². The zero-order chi connectivity index (χ0) is 16.5. The highest BCUT2D eigenvalue weighted by Gasteiger charge is 2.32. The van der Waals surface area contributed by atoms with E-state index in [0.29, 0.717) is 16.8 Å². The largest absolute Gasteiger partial charge is 0.496 e. The number of carbonyl (C=O) groups is 1.